The van der Waals surface area contributed by atoms with E-state index in [-0.39, 0.29) is 5.69 Å². The number of hydrogen-bond donors (Lipinski definition) is 1. The quantitative estimate of drug-likeness (QED) is 0.549. The van der Waals surface area contributed by atoms with Gasteiger partial charge in [0, 0.05) is 14.1 Å². The van der Waals surface area contributed by atoms with Crippen LogP contribution in [-0.4, -0.2) is 52.5 Å². The number of nitrogens with zero attached hydrogens (tertiary/aromatic N) is 2. The molecule has 1 amide bonds. The average Bonchev–Trinajstić information content (AvgIpc) is 2.74. The Morgan fingerprint density at radius 3 is 2.19 bits per heavy atom. The summed E-state index contributed by atoms with van der Waals surface area (Å²) < 4.78 is 52.0. The molecular formula is C22H30FN3O5S. The third-order valence-electron chi connectivity index (χ3n) is 4.59. The van der Waals surface area contributed by atoms with Gasteiger partial charge in [-0.15, -0.1) is 0 Å². The van der Waals surface area contributed by atoms with Crippen molar-refractivity contribution >= 4 is 21.8 Å². The molecule has 0 aliphatic rings. The molecule has 176 valence electrons. The van der Waals surface area contributed by atoms with E-state index in [1.165, 1.54) is 26.2 Å². The van der Waals surface area contributed by atoms with Gasteiger partial charge in [0.25, 0.3) is 0 Å². The van der Waals surface area contributed by atoms with Crippen LogP contribution in [0.3, 0.4) is 0 Å². The Balaban J connectivity index is 2.22. The standard InChI is InChI=1S/C22H30FN3O5S/c1-6-30-20-13-8-17(14-21(20)31-7-2)16(3)24-22(27)15-26(32(28,29)25(4)5)19-11-9-18(23)10-12-19/h8-14,16H,6-7,15H2,1-5H3,(H,24,27)/t16-/m0/s1. The number of anilines is 1. The monoisotopic (exact) mass is 467 g/mol. The Morgan fingerprint density at radius 2 is 1.62 bits per heavy atom. The number of carbonyl (C=O) groups excluding carboxylic acids is 1. The Labute approximate surface area is 189 Å². The first kappa shape index (κ1) is 25.4. The van der Waals surface area contributed by atoms with E-state index in [1.54, 1.807) is 19.1 Å². The van der Waals surface area contributed by atoms with E-state index in [0.29, 0.717) is 24.7 Å². The van der Waals surface area contributed by atoms with Crippen LogP contribution in [0.1, 0.15) is 32.4 Å². The Bertz CT molecular complexity index is 1010. The lowest BCUT2D eigenvalue weighted by Crippen LogP contribution is -2.46. The fraction of sp³-hybridized carbons (Fsp3) is 0.409. The van der Waals surface area contributed by atoms with Crippen LogP contribution in [0.2, 0.25) is 0 Å². The average molecular weight is 468 g/mol. The molecule has 0 spiro atoms. The molecule has 0 aliphatic carbocycles. The molecule has 1 atom stereocenters. The molecular weight excluding hydrogens is 437 g/mol. The Kier molecular flexibility index (Phi) is 8.85. The van der Waals surface area contributed by atoms with Gasteiger partial charge >= 0.3 is 10.2 Å². The zero-order chi connectivity index (χ0) is 23.9. The maximum Gasteiger partial charge on any atom is 0.304 e. The number of nitrogens with one attached hydrogen (secondary N) is 1. The molecule has 0 fully saturated rings. The summed E-state index contributed by atoms with van der Waals surface area (Å²) in [6.07, 6.45) is 0. The first-order chi connectivity index (χ1) is 15.1. The van der Waals surface area contributed by atoms with Gasteiger partial charge in [-0.1, -0.05) is 6.07 Å². The molecule has 0 unspecified atom stereocenters. The van der Waals surface area contributed by atoms with E-state index in [2.05, 4.69) is 5.32 Å². The topological polar surface area (TPSA) is 88.2 Å². The second-order valence-corrected chi connectivity index (χ2v) is 9.20. The molecule has 0 saturated carbocycles. The summed E-state index contributed by atoms with van der Waals surface area (Å²) in [6.45, 7) is 6.01. The first-order valence-corrected chi connectivity index (χ1v) is 11.6. The molecule has 0 bridgehead atoms. The van der Waals surface area contributed by atoms with Gasteiger partial charge in [0.05, 0.1) is 24.9 Å². The van der Waals surface area contributed by atoms with Crippen molar-refractivity contribution in [2.75, 3.05) is 38.2 Å². The fourth-order valence-electron chi connectivity index (χ4n) is 2.95. The van der Waals surface area contributed by atoms with Crippen molar-refractivity contribution in [1.29, 1.82) is 0 Å². The minimum Gasteiger partial charge on any atom is -0.490 e. The molecule has 8 nitrogen and oxygen atoms in total. The summed E-state index contributed by atoms with van der Waals surface area (Å²) in [5.41, 5.74) is 0.955. The van der Waals surface area contributed by atoms with Crippen molar-refractivity contribution in [3.63, 3.8) is 0 Å². The summed E-state index contributed by atoms with van der Waals surface area (Å²) >= 11 is 0. The molecule has 2 rings (SSSR count). The van der Waals surface area contributed by atoms with Crippen molar-refractivity contribution in [2.45, 2.75) is 26.8 Å². The fourth-order valence-corrected chi connectivity index (χ4v) is 4.01. The maximum absolute atomic E-state index is 13.3. The van der Waals surface area contributed by atoms with E-state index >= 15 is 0 Å². The highest BCUT2D eigenvalue weighted by molar-refractivity contribution is 7.90. The van der Waals surface area contributed by atoms with Gasteiger partial charge in [-0.25, -0.2) is 8.70 Å². The van der Waals surface area contributed by atoms with Crippen LogP contribution in [0, 0.1) is 5.82 Å². The third-order valence-corrected chi connectivity index (χ3v) is 6.41. The Morgan fingerprint density at radius 1 is 1.03 bits per heavy atom. The number of amides is 1. The Hall–Kier alpha value is -2.85. The third kappa shape index (κ3) is 6.33. The molecule has 0 aromatic heterocycles. The van der Waals surface area contributed by atoms with Gasteiger partial charge in [-0.2, -0.15) is 12.7 Å². The van der Waals surface area contributed by atoms with Gasteiger partial charge in [-0.3, -0.25) is 4.79 Å². The van der Waals surface area contributed by atoms with E-state index in [4.69, 9.17) is 9.47 Å². The zero-order valence-electron chi connectivity index (χ0n) is 19.0. The summed E-state index contributed by atoms with van der Waals surface area (Å²) in [4.78, 5) is 12.8. The molecule has 0 radical (unpaired) electrons. The molecule has 1 N–H and O–H groups in total. The van der Waals surface area contributed by atoms with E-state index in [1.807, 2.05) is 19.9 Å². The predicted molar refractivity (Wildman–Crippen MR) is 122 cm³/mol. The van der Waals surface area contributed by atoms with Crippen molar-refractivity contribution in [3.8, 4) is 11.5 Å². The van der Waals surface area contributed by atoms with Crippen LogP contribution in [0.15, 0.2) is 42.5 Å². The highest BCUT2D eigenvalue weighted by Crippen LogP contribution is 2.30. The normalized spacial score (nSPS) is 12.3. The summed E-state index contributed by atoms with van der Waals surface area (Å²) in [5, 5.41) is 2.81. The number of benzene rings is 2. The van der Waals surface area contributed by atoms with Crippen molar-refractivity contribution in [2.24, 2.45) is 0 Å². The number of rotatable bonds is 11. The van der Waals surface area contributed by atoms with Gasteiger partial charge in [-0.05, 0) is 62.7 Å². The lowest BCUT2D eigenvalue weighted by molar-refractivity contribution is -0.120. The minimum atomic E-state index is -3.98. The molecule has 0 heterocycles. The molecule has 2 aromatic rings. The molecule has 32 heavy (non-hydrogen) atoms. The molecule has 0 saturated heterocycles. The van der Waals surface area contributed by atoms with Crippen LogP contribution in [0.4, 0.5) is 10.1 Å². The van der Waals surface area contributed by atoms with Gasteiger partial charge in [0.1, 0.15) is 12.4 Å². The SMILES string of the molecule is CCOc1ccc([C@H](C)NC(=O)CN(c2ccc(F)cc2)S(=O)(=O)N(C)C)cc1OCC. The van der Waals surface area contributed by atoms with Crippen LogP contribution in [-0.2, 0) is 15.0 Å². The predicted octanol–water partition coefficient (Wildman–Crippen LogP) is 3.11. The van der Waals surface area contributed by atoms with Gasteiger partial charge in [0.2, 0.25) is 5.91 Å². The second-order valence-electron chi connectivity index (χ2n) is 7.13. The molecule has 2 aromatic carbocycles. The number of hydrogen-bond acceptors (Lipinski definition) is 5. The van der Waals surface area contributed by atoms with E-state index in [9.17, 15) is 17.6 Å². The van der Waals surface area contributed by atoms with Crippen molar-refractivity contribution in [3.05, 3.63) is 53.8 Å². The zero-order valence-corrected chi connectivity index (χ0v) is 19.8. The highest BCUT2D eigenvalue weighted by atomic mass is 32.2. The van der Waals surface area contributed by atoms with Crippen LogP contribution < -0.4 is 19.1 Å². The summed E-state index contributed by atoms with van der Waals surface area (Å²) in [6, 6.07) is 9.86. The maximum atomic E-state index is 13.3. The highest BCUT2D eigenvalue weighted by Gasteiger charge is 2.28. The van der Waals surface area contributed by atoms with Crippen molar-refractivity contribution < 1.29 is 27.1 Å². The summed E-state index contributed by atoms with van der Waals surface area (Å²) in [5.74, 6) is 0.154. The van der Waals surface area contributed by atoms with Gasteiger partial charge in [0.15, 0.2) is 11.5 Å². The lowest BCUT2D eigenvalue weighted by atomic mass is 10.1. The second kappa shape index (κ2) is 11.1. The lowest BCUT2D eigenvalue weighted by Gasteiger charge is -2.27. The van der Waals surface area contributed by atoms with Gasteiger partial charge < -0.3 is 14.8 Å². The van der Waals surface area contributed by atoms with E-state index in [0.717, 1.165) is 26.3 Å². The van der Waals surface area contributed by atoms with E-state index < -0.39 is 34.5 Å². The minimum absolute atomic E-state index is 0.183. The van der Waals surface area contributed by atoms with Crippen molar-refractivity contribution in [1.82, 2.24) is 9.62 Å². The number of carbonyl (C=O) groups is 1. The first-order valence-electron chi connectivity index (χ1n) is 10.2. The molecule has 10 heteroatoms. The summed E-state index contributed by atoms with van der Waals surface area (Å²) in [7, 11) is -1.25. The number of halogens is 1. The number of ether oxygens (including phenoxy) is 2. The van der Waals surface area contributed by atoms with Crippen LogP contribution >= 0.6 is 0 Å². The smallest absolute Gasteiger partial charge is 0.304 e. The van der Waals surface area contributed by atoms with Crippen LogP contribution in [0.25, 0.3) is 0 Å². The van der Waals surface area contributed by atoms with Crippen LogP contribution in [0.5, 0.6) is 11.5 Å². The largest absolute Gasteiger partial charge is 0.490 e. The molecule has 0 aliphatic heterocycles.